The number of hydrogen-bond donors (Lipinski definition) is 2. The van der Waals surface area contributed by atoms with Crippen molar-refractivity contribution >= 4 is 24.4 Å². The van der Waals surface area contributed by atoms with Crippen molar-refractivity contribution in [3.05, 3.63) is 29.3 Å². The van der Waals surface area contributed by atoms with Gasteiger partial charge in [0, 0.05) is 18.7 Å². The Bertz CT molecular complexity index is 532. The summed E-state index contributed by atoms with van der Waals surface area (Å²) < 4.78 is 10.9. The van der Waals surface area contributed by atoms with E-state index in [4.69, 9.17) is 9.47 Å². The van der Waals surface area contributed by atoms with Crippen LogP contribution in [-0.2, 0) is 4.79 Å². The third-order valence-corrected chi connectivity index (χ3v) is 3.24. The SMILES string of the molecule is CCCNCCNC(=O)C1=Cc2cccc(OC)c2OC1.Cl. The first-order chi connectivity index (χ1) is 10.3. The molecule has 1 aromatic rings. The van der Waals surface area contributed by atoms with E-state index in [1.807, 2.05) is 24.3 Å². The second kappa shape index (κ2) is 9.33. The van der Waals surface area contributed by atoms with Crippen molar-refractivity contribution in [1.82, 2.24) is 10.6 Å². The highest BCUT2D eigenvalue weighted by Gasteiger charge is 2.19. The Morgan fingerprint density at radius 3 is 2.86 bits per heavy atom. The molecule has 1 aliphatic heterocycles. The van der Waals surface area contributed by atoms with Crippen LogP contribution in [0.5, 0.6) is 11.5 Å². The normalized spacial score (nSPS) is 12.4. The lowest BCUT2D eigenvalue weighted by atomic mass is 10.1. The minimum atomic E-state index is -0.0817. The van der Waals surface area contributed by atoms with Crippen molar-refractivity contribution in [3.63, 3.8) is 0 Å². The van der Waals surface area contributed by atoms with E-state index in [0.717, 1.165) is 25.1 Å². The van der Waals surface area contributed by atoms with Crippen molar-refractivity contribution in [1.29, 1.82) is 0 Å². The van der Waals surface area contributed by atoms with Crippen LogP contribution in [0.2, 0.25) is 0 Å². The number of methoxy groups -OCH3 is 1. The fraction of sp³-hybridized carbons (Fsp3) is 0.438. The van der Waals surface area contributed by atoms with Crippen LogP contribution in [0.4, 0.5) is 0 Å². The Kier molecular flexibility index (Phi) is 7.77. The minimum absolute atomic E-state index is 0. The van der Waals surface area contributed by atoms with Crippen LogP contribution in [0.1, 0.15) is 18.9 Å². The van der Waals surface area contributed by atoms with Gasteiger partial charge in [0.1, 0.15) is 6.61 Å². The molecule has 1 heterocycles. The molecule has 0 unspecified atom stereocenters. The van der Waals surface area contributed by atoms with Crippen LogP contribution in [0.15, 0.2) is 23.8 Å². The summed E-state index contributed by atoms with van der Waals surface area (Å²) in [6, 6.07) is 5.64. The van der Waals surface area contributed by atoms with E-state index in [0.29, 0.717) is 23.6 Å². The molecule has 2 rings (SSSR count). The van der Waals surface area contributed by atoms with Crippen molar-refractivity contribution in [2.24, 2.45) is 0 Å². The third kappa shape index (κ3) is 4.64. The van der Waals surface area contributed by atoms with Gasteiger partial charge < -0.3 is 20.1 Å². The zero-order chi connectivity index (χ0) is 15.1. The molecule has 0 saturated heterocycles. The van der Waals surface area contributed by atoms with Crippen LogP contribution in [0.3, 0.4) is 0 Å². The number of halogens is 1. The standard InChI is InChI=1S/C16H22N2O3.ClH/c1-3-7-17-8-9-18-16(19)13-10-12-5-4-6-14(20-2)15(12)21-11-13;/h4-6,10,17H,3,7-9,11H2,1-2H3,(H,18,19);1H. The zero-order valence-corrected chi connectivity index (χ0v) is 13.8. The predicted octanol–water partition coefficient (Wildman–Crippen LogP) is 2.01. The average molecular weight is 327 g/mol. The number of hydrogen-bond acceptors (Lipinski definition) is 4. The summed E-state index contributed by atoms with van der Waals surface area (Å²) in [7, 11) is 1.61. The molecule has 0 aliphatic carbocycles. The maximum absolute atomic E-state index is 12.1. The smallest absolute Gasteiger partial charge is 0.250 e. The van der Waals surface area contributed by atoms with E-state index in [-0.39, 0.29) is 24.9 Å². The van der Waals surface area contributed by atoms with Gasteiger partial charge >= 0.3 is 0 Å². The number of rotatable bonds is 7. The van der Waals surface area contributed by atoms with Gasteiger partial charge in [-0.1, -0.05) is 19.1 Å². The molecule has 22 heavy (non-hydrogen) atoms. The molecule has 0 aromatic heterocycles. The van der Waals surface area contributed by atoms with Gasteiger partial charge in [0.25, 0.3) is 5.91 Å². The molecule has 0 saturated carbocycles. The Morgan fingerprint density at radius 1 is 1.32 bits per heavy atom. The Hall–Kier alpha value is -1.72. The first kappa shape index (κ1) is 18.3. The maximum atomic E-state index is 12.1. The van der Waals surface area contributed by atoms with Crippen molar-refractivity contribution in [3.8, 4) is 11.5 Å². The highest BCUT2D eigenvalue weighted by Crippen LogP contribution is 2.35. The zero-order valence-electron chi connectivity index (χ0n) is 13.0. The summed E-state index contributed by atoms with van der Waals surface area (Å²) in [5.74, 6) is 1.30. The van der Waals surface area contributed by atoms with Gasteiger partial charge in [-0.2, -0.15) is 0 Å². The van der Waals surface area contributed by atoms with Gasteiger partial charge in [-0.3, -0.25) is 4.79 Å². The van der Waals surface area contributed by atoms with Crippen LogP contribution in [-0.4, -0.2) is 39.3 Å². The third-order valence-electron chi connectivity index (χ3n) is 3.24. The van der Waals surface area contributed by atoms with Gasteiger partial charge in [-0.15, -0.1) is 12.4 Å². The van der Waals surface area contributed by atoms with Gasteiger partial charge in [-0.05, 0) is 25.1 Å². The predicted molar refractivity (Wildman–Crippen MR) is 89.9 cm³/mol. The molecule has 1 aliphatic rings. The molecule has 0 fully saturated rings. The Labute approximate surface area is 137 Å². The number of para-hydroxylation sites is 1. The summed E-state index contributed by atoms with van der Waals surface area (Å²) in [6.07, 6.45) is 2.95. The first-order valence-electron chi connectivity index (χ1n) is 7.25. The molecule has 5 nitrogen and oxygen atoms in total. The molecule has 0 atom stereocenters. The summed E-state index contributed by atoms with van der Waals surface area (Å²) in [5.41, 5.74) is 1.50. The number of carbonyl (C=O) groups is 1. The van der Waals surface area contributed by atoms with Crippen LogP contribution in [0, 0.1) is 0 Å². The molecule has 0 radical (unpaired) electrons. The highest BCUT2D eigenvalue weighted by molar-refractivity contribution is 5.99. The lowest BCUT2D eigenvalue weighted by Gasteiger charge is -2.19. The van der Waals surface area contributed by atoms with Gasteiger partial charge in [0.2, 0.25) is 0 Å². The van der Waals surface area contributed by atoms with E-state index in [9.17, 15) is 4.79 Å². The summed E-state index contributed by atoms with van der Waals surface area (Å²) in [6.45, 7) is 4.73. The molecule has 0 bridgehead atoms. The molecule has 0 spiro atoms. The van der Waals surface area contributed by atoms with E-state index in [1.165, 1.54) is 0 Å². The topological polar surface area (TPSA) is 59.6 Å². The molecule has 122 valence electrons. The second-order valence-corrected chi connectivity index (χ2v) is 4.84. The number of fused-ring (bicyclic) bond motifs is 1. The van der Waals surface area contributed by atoms with E-state index >= 15 is 0 Å². The monoisotopic (exact) mass is 326 g/mol. The number of nitrogens with one attached hydrogen (secondary N) is 2. The summed E-state index contributed by atoms with van der Waals surface area (Å²) in [4.78, 5) is 12.1. The first-order valence-corrected chi connectivity index (χ1v) is 7.25. The van der Waals surface area contributed by atoms with Crippen molar-refractivity contribution in [2.45, 2.75) is 13.3 Å². The lowest BCUT2D eigenvalue weighted by molar-refractivity contribution is -0.117. The molecule has 1 amide bonds. The summed E-state index contributed by atoms with van der Waals surface area (Å²) in [5, 5.41) is 6.13. The van der Waals surface area contributed by atoms with Crippen LogP contribution >= 0.6 is 12.4 Å². The van der Waals surface area contributed by atoms with E-state index in [2.05, 4.69) is 17.6 Å². The molecule has 2 N–H and O–H groups in total. The van der Waals surface area contributed by atoms with Gasteiger partial charge in [0.05, 0.1) is 12.7 Å². The van der Waals surface area contributed by atoms with E-state index < -0.39 is 0 Å². The fourth-order valence-electron chi connectivity index (χ4n) is 2.15. The van der Waals surface area contributed by atoms with E-state index in [1.54, 1.807) is 7.11 Å². The quantitative estimate of drug-likeness (QED) is 0.753. The van der Waals surface area contributed by atoms with Crippen LogP contribution < -0.4 is 20.1 Å². The number of ether oxygens (including phenoxy) is 2. The maximum Gasteiger partial charge on any atom is 0.250 e. The second-order valence-electron chi connectivity index (χ2n) is 4.84. The highest BCUT2D eigenvalue weighted by atomic mass is 35.5. The summed E-state index contributed by atoms with van der Waals surface area (Å²) >= 11 is 0. The van der Waals surface area contributed by atoms with Crippen LogP contribution in [0.25, 0.3) is 6.08 Å². The lowest BCUT2D eigenvalue weighted by Crippen LogP contribution is -2.34. The van der Waals surface area contributed by atoms with Gasteiger partial charge in [0.15, 0.2) is 11.5 Å². The Morgan fingerprint density at radius 2 is 2.14 bits per heavy atom. The number of amides is 1. The minimum Gasteiger partial charge on any atom is -0.493 e. The number of carbonyl (C=O) groups excluding carboxylic acids is 1. The van der Waals surface area contributed by atoms with Crippen molar-refractivity contribution in [2.75, 3.05) is 33.4 Å². The van der Waals surface area contributed by atoms with Crippen molar-refractivity contribution < 1.29 is 14.3 Å². The largest absolute Gasteiger partial charge is 0.493 e. The Balaban J connectivity index is 0.00000242. The molecule has 1 aromatic carbocycles. The average Bonchev–Trinajstić information content (AvgIpc) is 2.53. The molecular formula is C16H23ClN2O3. The fourth-order valence-corrected chi connectivity index (χ4v) is 2.15. The number of benzene rings is 1. The van der Waals surface area contributed by atoms with Gasteiger partial charge in [-0.25, -0.2) is 0 Å². The molecular weight excluding hydrogens is 304 g/mol. The molecule has 6 heteroatoms.